The lowest BCUT2D eigenvalue weighted by molar-refractivity contribution is 0.688. The van der Waals surface area contributed by atoms with E-state index in [0.29, 0.717) is 11.6 Å². The van der Waals surface area contributed by atoms with Crippen molar-refractivity contribution in [2.75, 3.05) is 11.6 Å². The fourth-order valence-electron chi connectivity index (χ4n) is 0.310. The van der Waals surface area contributed by atoms with Gasteiger partial charge in [-0.1, -0.05) is 0 Å². The Morgan fingerprint density at radius 1 is 1.38 bits per heavy atom. The van der Waals surface area contributed by atoms with Crippen LogP contribution in [0.25, 0.3) is 0 Å². The molecule has 0 saturated carbocycles. The lowest BCUT2D eigenvalue weighted by atomic mass is 10.4. The molecule has 0 saturated heterocycles. The SMILES string of the molecule is O=S(Cl)CCCCCl. The van der Waals surface area contributed by atoms with E-state index in [1.165, 1.54) is 0 Å². The van der Waals surface area contributed by atoms with Gasteiger partial charge < -0.3 is 0 Å². The van der Waals surface area contributed by atoms with Gasteiger partial charge in [0.25, 0.3) is 0 Å². The summed E-state index contributed by atoms with van der Waals surface area (Å²) < 4.78 is 10.2. The molecule has 0 spiro atoms. The van der Waals surface area contributed by atoms with E-state index >= 15 is 0 Å². The Bertz CT molecular complexity index is 76.4. The third-order valence-electron chi connectivity index (χ3n) is 0.688. The van der Waals surface area contributed by atoms with Gasteiger partial charge in [-0.3, -0.25) is 0 Å². The molecule has 1 unspecified atom stereocenters. The summed E-state index contributed by atoms with van der Waals surface area (Å²) in [7, 11) is 3.99. The van der Waals surface area contributed by atoms with Crippen molar-refractivity contribution in [1.29, 1.82) is 0 Å². The number of hydrogen-bond donors (Lipinski definition) is 0. The van der Waals surface area contributed by atoms with Gasteiger partial charge in [-0.15, -0.1) is 11.6 Å². The maximum atomic E-state index is 10.2. The Morgan fingerprint density at radius 2 is 2.00 bits per heavy atom. The second kappa shape index (κ2) is 5.86. The molecule has 8 heavy (non-hydrogen) atoms. The van der Waals surface area contributed by atoms with Gasteiger partial charge >= 0.3 is 0 Å². The molecule has 1 atom stereocenters. The van der Waals surface area contributed by atoms with Crippen LogP contribution in [0.2, 0.25) is 0 Å². The van der Waals surface area contributed by atoms with E-state index in [-0.39, 0.29) is 0 Å². The fourth-order valence-corrected chi connectivity index (χ4v) is 1.26. The molecule has 50 valence electrons. The lowest BCUT2D eigenvalue weighted by Crippen LogP contribution is -1.88. The molecule has 0 amide bonds. The second-order valence-corrected chi connectivity index (χ2v) is 3.79. The Labute approximate surface area is 61.3 Å². The molecule has 0 aliphatic carbocycles. The van der Waals surface area contributed by atoms with Crippen LogP contribution in [0.3, 0.4) is 0 Å². The van der Waals surface area contributed by atoms with Gasteiger partial charge in [-0.05, 0) is 23.5 Å². The first-order valence-electron chi connectivity index (χ1n) is 2.38. The third-order valence-corrected chi connectivity index (χ3v) is 2.03. The van der Waals surface area contributed by atoms with Crippen molar-refractivity contribution in [1.82, 2.24) is 0 Å². The van der Waals surface area contributed by atoms with Crippen LogP contribution in [0.1, 0.15) is 12.8 Å². The molecular weight excluding hydrogens is 167 g/mol. The van der Waals surface area contributed by atoms with E-state index in [2.05, 4.69) is 0 Å². The molecule has 0 radical (unpaired) electrons. The van der Waals surface area contributed by atoms with E-state index in [1.54, 1.807) is 0 Å². The summed E-state index contributed by atoms with van der Waals surface area (Å²) in [6, 6.07) is 0. The molecule has 4 heteroatoms. The summed E-state index contributed by atoms with van der Waals surface area (Å²) in [6.07, 6.45) is 1.76. The van der Waals surface area contributed by atoms with Crippen molar-refractivity contribution >= 4 is 32.3 Å². The molecule has 0 aromatic carbocycles. The predicted molar refractivity (Wildman–Crippen MR) is 38.8 cm³/mol. The van der Waals surface area contributed by atoms with Crippen LogP contribution in [-0.2, 0) is 10.0 Å². The molecule has 0 aromatic heterocycles. The molecular formula is C4H8Cl2OS. The van der Waals surface area contributed by atoms with Gasteiger partial charge in [0.15, 0.2) is 0 Å². The van der Waals surface area contributed by atoms with Gasteiger partial charge in [-0.25, -0.2) is 4.21 Å². The highest BCUT2D eigenvalue weighted by atomic mass is 35.7. The molecule has 0 fully saturated rings. The monoisotopic (exact) mass is 174 g/mol. The number of alkyl halides is 1. The van der Waals surface area contributed by atoms with Crippen molar-refractivity contribution in [2.24, 2.45) is 0 Å². The maximum Gasteiger partial charge on any atom is 0.114 e. The third kappa shape index (κ3) is 6.73. The average Bonchev–Trinajstić information content (AvgIpc) is 1.66. The predicted octanol–water partition coefficient (Wildman–Crippen LogP) is 1.91. The minimum atomic E-state index is -1.15. The van der Waals surface area contributed by atoms with Crippen molar-refractivity contribution in [2.45, 2.75) is 12.8 Å². The zero-order valence-corrected chi connectivity index (χ0v) is 6.73. The summed E-state index contributed by atoms with van der Waals surface area (Å²) in [5, 5.41) is 0. The van der Waals surface area contributed by atoms with E-state index in [0.717, 1.165) is 12.8 Å². The minimum absolute atomic E-state index is 0.564. The normalized spacial score (nSPS) is 13.8. The highest BCUT2D eigenvalue weighted by Gasteiger charge is 1.91. The molecule has 0 aliphatic rings. The maximum absolute atomic E-state index is 10.2. The quantitative estimate of drug-likeness (QED) is 0.362. The summed E-state index contributed by atoms with van der Waals surface area (Å²) in [5.74, 6) is 1.20. The molecule has 0 aliphatic heterocycles. The zero-order valence-electron chi connectivity index (χ0n) is 4.40. The molecule has 0 N–H and O–H groups in total. The molecule has 0 rings (SSSR count). The zero-order chi connectivity index (χ0) is 6.41. The Kier molecular flexibility index (Phi) is 6.39. The Balaban J connectivity index is 2.82. The van der Waals surface area contributed by atoms with Gasteiger partial charge in [0.2, 0.25) is 0 Å². The first-order valence-corrected chi connectivity index (χ1v) is 5.06. The Hall–Kier alpha value is 0.730. The van der Waals surface area contributed by atoms with E-state index in [1.807, 2.05) is 0 Å². The first-order chi connectivity index (χ1) is 3.77. The Morgan fingerprint density at radius 3 is 2.38 bits per heavy atom. The van der Waals surface area contributed by atoms with Gasteiger partial charge in [0.05, 0.1) is 0 Å². The van der Waals surface area contributed by atoms with Crippen LogP contribution in [-0.4, -0.2) is 15.8 Å². The number of halogens is 2. The van der Waals surface area contributed by atoms with Crippen LogP contribution in [0.4, 0.5) is 0 Å². The van der Waals surface area contributed by atoms with E-state index < -0.39 is 10.0 Å². The largest absolute Gasteiger partial charge is 0.243 e. The van der Waals surface area contributed by atoms with Gasteiger partial charge in [-0.2, -0.15) is 0 Å². The standard InChI is InChI=1S/C4H8Cl2OS/c5-3-1-2-4-8(6)7/h1-4H2. The lowest BCUT2D eigenvalue weighted by Gasteiger charge is -1.89. The number of hydrogen-bond acceptors (Lipinski definition) is 1. The molecule has 0 heterocycles. The summed E-state index contributed by atoms with van der Waals surface area (Å²) >= 11 is 5.34. The topological polar surface area (TPSA) is 17.1 Å². The fraction of sp³-hybridized carbons (Fsp3) is 1.00. The number of rotatable bonds is 4. The first kappa shape index (κ1) is 8.73. The minimum Gasteiger partial charge on any atom is -0.243 e. The van der Waals surface area contributed by atoms with E-state index in [9.17, 15) is 4.21 Å². The highest BCUT2D eigenvalue weighted by Crippen LogP contribution is 1.96. The van der Waals surface area contributed by atoms with Crippen molar-refractivity contribution < 1.29 is 4.21 Å². The van der Waals surface area contributed by atoms with Crippen molar-refractivity contribution in [3.05, 3.63) is 0 Å². The molecule has 0 bridgehead atoms. The number of unbranched alkanes of at least 4 members (excludes halogenated alkanes) is 1. The summed E-state index contributed by atoms with van der Waals surface area (Å²) in [5.41, 5.74) is 0. The van der Waals surface area contributed by atoms with Crippen LogP contribution >= 0.6 is 22.3 Å². The average molecular weight is 175 g/mol. The van der Waals surface area contributed by atoms with Gasteiger partial charge in [0.1, 0.15) is 10.0 Å². The summed E-state index contributed by atoms with van der Waals surface area (Å²) in [6.45, 7) is 0. The van der Waals surface area contributed by atoms with Crippen LogP contribution in [0, 0.1) is 0 Å². The van der Waals surface area contributed by atoms with E-state index in [4.69, 9.17) is 22.3 Å². The van der Waals surface area contributed by atoms with Crippen LogP contribution < -0.4 is 0 Å². The molecule has 1 nitrogen and oxygen atoms in total. The van der Waals surface area contributed by atoms with Crippen LogP contribution in [0.5, 0.6) is 0 Å². The van der Waals surface area contributed by atoms with Crippen molar-refractivity contribution in [3.63, 3.8) is 0 Å². The van der Waals surface area contributed by atoms with Crippen LogP contribution in [0.15, 0.2) is 0 Å². The smallest absolute Gasteiger partial charge is 0.114 e. The molecule has 0 aromatic rings. The van der Waals surface area contributed by atoms with Gasteiger partial charge in [0, 0.05) is 11.6 Å². The summed E-state index contributed by atoms with van der Waals surface area (Å²) in [4.78, 5) is 0. The second-order valence-electron chi connectivity index (χ2n) is 1.39. The van der Waals surface area contributed by atoms with Crippen molar-refractivity contribution in [3.8, 4) is 0 Å². The highest BCUT2D eigenvalue weighted by molar-refractivity contribution is 8.08.